The highest BCUT2D eigenvalue weighted by molar-refractivity contribution is 5.23. The van der Waals surface area contributed by atoms with Gasteiger partial charge in [0.25, 0.3) is 0 Å². The maximum absolute atomic E-state index is 9.14. The van der Waals surface area contributed by atoms with Crippen LogP contribution in [0.15, 0.2) is 24.5 Å². The van der Waals surface area contributed by atoms with Crippen LogP contribution in [0.2, 0.25) is 0 Å². The number of nitriles is 1. The van der Waals surface area contributed by atoms with Gasteiger partial charge in [-0.3, -0.25) is 4.98 Å². The van der Waals surface area contributed by atoms with E-state index in [0.29, 0.717) is 5.92 Å². The van der Waals surface area contributed by atoms with Gasteiger partial charge in [0.1, 0.15) is 0 Å². The Balaban J connectivity index is 2.88. The molecule has 0 aliphatic heterocycles. The van der Waals surface area contributed by atoms with Gasteiger partial charge in [0.15, 0.2) is 0 Å². The van der Waals surface area contributed by atoms with Crippen molar-refractivity contribution in [3.05, 3.63) is 30.1 Å². The molecule has 0 amide bonds. The maximum atomic E-state index is 9.14. The first-order valence-corrected chi connectivity index (χ1v) is 5.13. The highest BCUT2D eigenvalue weighted by Crippen LogP contribution is 2.28. The van der Waals surface area contributed by atoms with Crippen LogP contribution in [0.5, 0.6) is 0 Å². The molecule has 0 aromatic carbocycles. The van der Waals surface area contributed by atoms with Crippen molar-refractivity contribution in [2.24, 2.45) is 5.92 Å². The number of hydrogen-bond donors (Lipinski definition) is 0. The van der Waals surface area contributed by atoms with Crippen LogP contribution >= 0.6 is 0 Å². The van der Waals surface area contributed by atoms with Crippen LogP contribution < -0.4 is 0 Å². The van der Waals surface area contributed by atoms with E-state index in [-0.39, 0.29) is 5.92 Å². The van der Waals surface area contributed by atoms with E-state index in [1.54, 1.807) is 12.4 Å². The predicted molar refractivity (Wildman–Crippen MR) is 56.7 cm³/mol. The van der Waals surface area contributed by atoms with Gasteiger partial charge in [0, 0.05) is 12.4 Å². The summed E-state index contributed by atoms with van der Waals surface area (Å²) in [7, 11) is 0. The number of hydrogen-bond acceptors (Lipinski definition) is 2. The first-order valence-electron chi connectivity index (χ1n) is 5.13. The largest absolute Gasteiger partial charge is 0.265 e. The monoisotopic (exact) mass is 188 g/mol. The first-order chi connectivity index (χ1) is 6.83. The summed E-state index contributed by atoms with van der Waals surface area (Å²) in [6.07, 6.45) is 5.61. The average molecular weight is 188 g/mol. The molecule has 0 N–H and O–H groups in total. The normalized spacial score (nSPS) is 12.4. The first kappa shape index (κ1) is 10.7. The molecule has 1 aromatic rings. The van der Waals surface area contributed by atoms with Gasteiger partial charge in [-0.05, 0) is 23.6 Å². The van der Waals surface area contributed by atoms with E-state index in [9.17, 15) is 0 Å². The third-order valence-corrected chi connectivity index (χ3v) is 2.72. The SMILES string of the molecule is CCC(CC)C(C#N)c1ccncc1. The fourth-order valence-corrected chi connectivity index (χ4v) is 1.78. The van der Waals surface area contributed by atoms with Crippen LogP contribution in [0.25, 0.3) is 0 Å². The van der Waals surface area contributed by atoms with Crippen molar-refractivity contribution in [1.82, 2.24) is 4.98 Å². The summed E-state index contributed by atoms with van der Waals surface area (Å²) in [6.45, 7) is 4.28. The standard InChI is InChI=1S/C12H16N2/c1-3-10(4-2)12(9-13)11-5-7-14-8-6-11/h5-8,10,12H,3-4H2,1-2H3. The molecule has 0 bridgehead atoms. The van der Waals surface area contributed by atoms with Crippen molar-refractivity contribution in [2.75, 3.05) is 0 Å². The molecular weight excluding hydrogens is 172 g/mol. The molecule has 2 nitrogen and oxygen atoms in total. The summed E-state index contributed by atoms with van der Waals surface area (Å²) in [4.78, 5) is 3.96. The second kappa shape index (κ2) is 5.39. The molecule has 0 fully saturated rings. The van der Waals surface area contributed by atoms with E-state index in [1.807, 2.05) is 12.1 Å². The van der Waals surface area contributed by atoms with Gasteiger partial charge in [-0.1, -0.05) is 26.7 Å². The van der Waals surface area contributed by atoms with Crippen LogP contribution in [0.3, 0.4) is 0 Å². The third-order valence-electron chi connectivity index (χ3n) is 2.72. The fourth-order valence-electron chi connectivity index (χ4n) is 1.78. The van der Waals surface area contributed by atoms with Gasteiger partial charge in [-0.25, -0.2) is 0 Å². The minimum absolute atomic E-state index is 0.0213. The lowest BCUT2D eigenvalue weighted by Gasteiger charge is -2.18. The summed E-state index contributed by atoms with van der Waals surface area (Å²) >= 11 is 0. The molecule has 0 saturated carbocycles. The molecule has 0 radical (unpaired) electrons. The number of pyridine rings is 1. The van der Waals surface area contributed by atoms with Crippen LogP contribution in [0, 0.1) is 17.2 Å². The van der Waals surface area contributed by atoms with Crippen molar-refractivity contribution in [2.45, 2.75) is 32.6 Å². The minimum Gasteiger partial charge on any atom is -0.265 e. The van der Waals surface area contributed by atoms with Crippen molar-refractivity contribution < 1.29 is 0 Å². The van der Waals surface area contributed by atoms with Gasteiger partial charge in [0.05, 0.1) is 12.0 Å². The lowest BCUT2D eigenvalue weighted by molar-refractivity contribution is 0.452. The van der Waals surface area contributed by atoms with Gasteiger partial charge < -0.3 is 0 Å². The molecule has 0 saturated heterocycles. The molecule has 14 heavy (non-hydrogen) atoms. The molecule has 74 valence electrons. The van der Waals surface area contributed by atoms with E-state index in [2.05, 4.69) is 24.9 Å². The fraction of sp³-hybridized carbons (Fsp3) is 0.500. The predicted octanol–water partition coefficient (Wildman–Crippen LogP) is 3.12. The Morgan fingerprint density at radius 2 is 1.86 bits per heavy atom. The third kappa shape index (κ3) is 2.32. The second-order valence-electron chi connectivity index (χ2n) is 3.46. The topological polar surface area (TPSA) is 36.7 Å². The van der Waals surface area contributed by atoms with Crippen molar-refractivity contribution in [3.8, 4) is 6.07 Å². The average Bonchev–Trinajstić information content (AvgIpc) is 2.27. The number of nitrogens with zero attached hydrogens (tertiary/aromatic N) is 2. The minimum atomic E-state index is 0.0213. The Kier molecular flexibility index (Phi) is 4.12. The zero-order chi connectivity index (χ0) is 10.4. The summed E-state index contributed by atoms with van der Waals surface area (Å²) in [5.41, 5.74) is 1.09. The summed E-state index contributed by atoms with van der Waals surface area (Å²) in [5, 5.41) is 9.14. The van der Waals surface area contributed by atoms with E-state index >= 15 is 0 Å². The summed E-state index contributed by atoms with van der Waals surface area (Å²) in [6, 6.07) is 6.27. The molecule has 1 heterocycles. The molecule has 1 rings (SSSR count). The lowest BCUT2D eigenvalue weighted by Crippen LogP contribution is -2.09. The lowest BCUT2D eigenvalue weighted by atomic mass is 9.84. The van der Waals surface area contributed by atoms with Crippen LogP contribution in [0.1, 0.15) is 38.2 Å². The van der Waals surface area contributed by atoms with Gasteiger partial charge in [-0.2, -0.15) is 5.26 Å². The van der Waals surface area contributed by atoms with Crippen LogP contribution in [0.4, 0.5) is 0 Å². The van der Waals surface area contributed by atoms with E-state index in [0.717, 1.165) is 18.4 Å². The zero-order valence-corrected chi connectivity index (χ0v) is 8.77. The van der Waals surface area contributed by atoms with Crippen molar-refractivity contribution in [3.63, 3.8) is 0 Å². The highest BCUT2D eigenvalue weighted by atomic mass is 14.6. The van der Waals surface area contributed by atoms with Crippen LogP contribution in [-0.2, 0) is 0 Å². The smallest absolute Gasteiger partial charge is 0.0741 e. The van der Waals surface area contributed by atoms with E-state index in [4.69, 9.17) is 5.26 Å². The second-order valence-corrected chi connectivity index (χ2v) is 3.46. The Morgan fingerprint density at radius 1 is 1.29 bits per heavy atom. The van der Waals surface area contributed by atoms with Gasteiger partial charge in [-0.15, -0.1) is 0 Å². The summed E-state index contributed by atoms with van der Waals surface area (Å²) < 4.78 is 0. The molecular formula is C12H16N2. The molecule has 0 spiro atoms. The summed E-state index contributed by atoms with van der Waals surface area (Å²) in [5.74, 6) is 0.482. The molecule has 0 aliphatic rings. The Hall–Kier alpha value is -1.36. The van der Waals surface area contributed by atoms with E-state index in [1.165, 1.54) is 0 Å². The zero-order valence-electron chi connectivity index (χ0n) is 8.77. The van der Waals surface area contributed by atoms with Crippen LogP contribution in [-0.4, -0.2) is 4.98 Å². The Labute approximate surface area is 85.6 Å². The molecule has 1 aromatic heterocycles. The molecule has 0 aliphatic carbocycles. The Morgan fingerprint density at radius 3 is 2.29 bits per heavy atom. The number of rotatable bonds is 4. The quantitative estimate of drug-likeness (QED) is 0.727. The highest BCUT2D eigenvalue weighted by Gasteiger charge is 2.19. The van der Waals surface area contributed by atoms with Crippen molar-refractivity contribution in [1.29, 1.82) is 5.26 Å². The molecule has 2 heteroatoms. The Bertz CT molecular complexity index is 296. The van der Waals surface area contributed by atoms with Gasteiger partial charge in [0.2, 0.25) is 0 Å². The molecule has 1 unspecified atom stereocenters. The maximum Gasteiger partial charge on any atom is 0.0741 e. The van der Waals surface area contributed by atoms with E-state index < -0.39 is 0 Å². The van der Waals surface area contributed by atoms with Crippen molar-refractivity contribution >= 4 is 0 Å². The number of aromatic nitrogens is 1. The van der Waals surface area contributed by atoms with Gasteiger partial charge >= 0.3 is 0 Å². The molecule has 1 atom stereocenters.